The Morgan fingerprint density at radius 2 is 1.90 bits per heavy atom. The van der Waals surface area contributed by atoms with E-state index in [0.29, 0.717) is 16.3 Å². The molecule has 1 aromatic rings. The van der Waals surface area contributed by atoms with Gasteiger partial charge in [0.15, 0.2) is 0 Å². The van der Waals surface area contributed by atoms with Gasteiger partial charge in [0, 0.05) is 11.4 Å². The maximum atomic E-state index is 5.63. The van der Waals surface area contributed by atoms with Crippen molar-refractivity contribution in [3.8, 4) is 0 Å². The molecule has 0 aromatic heterocycles. The summed E-state index contributed by atoms with van der Waals surface area (Å²) in [6.07, 6.45) is 0. The van der Waals surface area contributed by atoms with E-state index in [1.807, 2.05) is 13.0 Å². The third-order valence-electron chi connectivity index (χ3n) is 1.47. The fourth-order valence-corrected chi connectivity index (χ4v) is 0.977. The molecule has 0 aliphatic rings. The lowest BCUT2D eigenvalue weighted by Gasteiger charge is -2.04. The van der Waals surface area contributed by atoms with Gasteiger partial charge in [0.2, 0.25) is 0 Å². The first-order valence-corrected chi connectivity index (χ1v) is 3.41. The van der Waals surface area contributed by atoms with Crippen LogP contribution in [0.4, 0.5) is 11.4 Å². The lowest BCUT2D eigenvalue weighted by Crippen LogP contribution is -1.95. The Kier molecular flexibility index (Phi) is 1.76. The monoisotopic (exact) mass is 154 g/mol. The molecule has 54 valence electrons. The van der Waals surface area contributed by atoms with Gasteiger partial charge in [-0.25, -0.2) is 0 Å². The van der Waals surface area contributed by atoms with E-state index in [0.717, 1.165) is 5.56 Å². The lowest BCUT2D eigenvalue weighted by molar-refractivity contribution is 1.38. The number of nitrogen functional groups attached to an aromatic ring is 2. The van der Waals surface area contributed by atoms with E-state index in [2.05, 4.69) is 12.6 Å². The second-order valence-corrected chi connectivity index (χ2v) is 2.68. The van der Waals surface area contributed by atoms with Crippen molar-refractivity contribution in [1.82, 2.24) is 0 Å². The minimum Gasteiger partial charge on any atom is -0.398 e. The molecule has 2 nitrogen and oxygen atoms in total. The Labute approximate surface area is 65.6 Å². The normalized spacial score (nSPS) is 9.80. The van der Waals surface area contributed by atoms with Crippen LogP contribution in [-0.4, -0.2) is 0 Å². The van der Waals surface area contributed by atoms with E-state index in [9.17, 15) is 0 Å². The van der Waals surface area contributed by atoms with Crippen LogP contribution in [-0.2, 0) is 0 Å². The smallest absolute Gasteiger partial charge is 0.0504 e. The van der Waals surface area contributed by atoms with Crippen LogP contribution < -0.4 is 11.5 Å². The molecule has 0 heterocycles. The van der Waals surface area contributed by atoms with Gasteiger partial charge in [0.05, 0.1) is 4.90 Å². The topological polar surface area (TPSA) is 52.0 Å². The molecule has 3 heteroatoms. The zero-order valence-corrected chi connectivity index (χ0v) is 6.65. The molecule has 4 N–H and O–H groups in total. The van der Waals surface area contributed by atoms with E-state index in [1.54, 1.807) is 6.07 Å². The fourth-order valence-electron chi connectivity index (χ4n) is 0.726. The molecule has 0 spiro atoms. The van der Waals surface area contributed by atoms with Crippen molar-refractivity contribution in [2.24, 2.45) is 0 Å². The molecule has 0 atom stereocenters. The largest absolute Gasteiger partial charge is 0.398 e. The number of rotatable bonds is 0. The Balaban J connectivity index is 3.34. The quantitative estimate of drug-likeness (QED) is 0.391. The second kappa shape index (κ2) is 2.42. The summed E-state index contributed by atoms with van der Waals surface area (Å²) in [7, 11) is 0. The van der Waals surface area contributed by atoms with Crippen molar-refractivity contribution in [2.45, 2.75) is 11.8 Å². The maximum absolute atomic E-state index is 5.63. The molecule has 0 aliphatic carbocycles. The molecule has 1 rings (SSSR count). The van der Waals surface area contributed by atoms with E-state index in [1.165, 1.54) is 0 Å². The van der Waals surface area contributed by atoms with E-state index < -0.39 is 0 Å². The molecular weight excluding hydrogens is 144 g/mol. The maximum Gasteiger partial charge on any atom is 0.0504 e. The summed E-state index contributed by atoms with van der Waals surface area (Å²) in [4.78, 5) is 0.681. The zero-order valence-electron chi connectivity index (χ0n) is 5.76. The number of nitrogens with two attached hydrogens (primary N) is 2. The van der Waals surface area contributed by atoms with Gasteiger partial charge in [-0.15, -0.1) is 12.6 Å². The predicted molar refractivity (Wildman–Crippen MR) is 47.3 cm³/mol. The molecule has 0 fully saturated rings. The van der Waals surface area contributed by atoms with Gasteiger partial charge in [-0.1, -0.05) is 6.07 Å². The minimum absolute atomic E-state index is 0.631. The van der Waals surface area contributed by atoms with Crippen LogP contribution in [0.5, 0.6) is 0 Å². The summed E-state index contributed by atoms with van der Waals surface area (Å²) < 4.78 is 0. The summed E-state index contributed by atoms with van der Waals surface area (Å²) in [5.41, 5.74) is 13.5. The number of aryl methyl sites for hydroxylation is 1. The number of hydrogen-bond donors (Lipinski definition) is 3. The molecule has 10 heavy (non-hydrogen) atoms. The lowest BCUT2D eigenvalue weighted by atomic mass is 10.2. The highest BCUT2D eigenvalue weighted by molar-refractivity contribution is 7.80. The van der Waals surface area contributed by atoms with Crippen molar-refractivity contribution in [3.05, 3.63) is 17.7 Å². The summed E-state index contributed by atoms with van der Waals surface area (Å²) in [5, 5.41) is 0. The predicted octanol–water partition coefficient (Wildman–Crippen LogP) is 1.45. The van der Waals surface area contributed by atoms with Gasteiger partial charge in [-0.3, -0.25) is 0 Å². The highest BCUT2D eigenvalue weighted by atomic mass is 32.1. The van der Waals surface area contributed by atoms with Gasteiger partial charge in [-0.05, 0) is 18.6 Å². The third kappa shape index (κ3) is 1.04. The standard InChI is InChI=1S/C7H10N2S/c1-4-2-3-5(8)7(10)6(4)9/h2-3,10H,8-9H2,1H3. The molecule has 0 saturated carbocycles. The summed E-state index contributed by atoms with van der Waals surface area (Å²) >= 11 is 4.13. The SMILES string of the molecule is Cc1ccc(N)c(S)c1N. The zero-order chi connectivity index (χ0) is 7.72. The first-order valence-electron chi connectivity index (χ1n) is 2.96. The van der Waals surface area contributed by atoms with Crippen molar-refractivity contribution >= 4 is 24.0 Å². The average molecular weight is 154 g/mol. The molecule has 0 saturated heterocycles. The average Bonchev–Trinajstić information content (AvgIpc) is 1.93. The summed E-state index contributed by atoms with van der Waals surface area (Å²) in [6, 6.07) is 3.68. The molecule has 0 aliphatic heterocycles. The number of thiol groups is 1. The van der Waals surface area contributed by atoms with Crippen LogP contribution in [0.2, 0.25) is 0 Å². The van der Waals surface area contributed by atoms with Crippen LogP contribution in [0, 0.1) is 6.92 Å². The number of hydrogen-bond acceptors (Lipinski definition) is 3. The molecule has 0 amide bonds. The first-order chi connectivity index (χ1) is 4.63. The van der Waals surface area contributed by atoms with E-state index in [4.69, 9.17) is 11.5 Å². The van der Waals surface area contributed by atoms with Crippen LogP contribution in [0.15, 0.2) is 17.0 Å². The van der Waals surface area contributed by atoms with Crippen molar-refractivity contribution < 1.29 is 0 Å². The molecular formula is C7H10N2S. The van der Waals surface area contributed by atoms with Crippen molar-refractivity contribution in [2.75, 3.05) is 11.5 Å². The Morgan fingerprint density at radius 1 is 1.30 bits per heavy atom. The second-order valence-electron chi connectivity index (χ2n) is 2.23. The van der Waals surface area contributed by atoms with E-state index in [-0.39, 0.29) is 0 Å². The first kappa shape index (κ1) is 7.28. The minimum atomic E-state index is 0.631. The Bertz CT molecular complexity index is 231. The van der Waals surface area contributed by atoms with Gasteiger partial charge >= 0.3 is 0 Å². The summed E-state index contributed by atoms with van der Waals surface area (Å²) in [5.74, 6) is 0. The van der Waals surface area contributed by atoms with Crippen LogP contribution >= 0.6 is 12.6 Å². The number of benzene rings is 1. The molecule has 0 bridgehead atoms. The molecule has 1 aromatic carbocycles. The highest BCUT2D eigenvalue weighted by Crippen LogP contribution is 2.26. The van der Waals surface area contributed by atoms with Gasteiger partial charge < -0.3 is 11.5 Å². The van der Waals surface area contributed by atoms with Gasteiger partial charge in [-0.2, -0.15) is 0 Å². The third-order valence-corrected chi connectivity index (χ3v) is 1.97. The Morgan fingerprint density at radius 3 is 2.40 bits per heavy atom. The number of anilines is 2. The molecule has 0 radical (unpaired) electrons. The van der Waals surface area contributed by atoms with Crippen molar-refractivity contribution in [1.29, 1.82) is 0 Å². The summed E-state index contributed by atoms with van der Waals surface area (Å²) in [6.45, 7) is 1.93. The molecule has 0 unspecified atom stereocenters. The van der Waals surface area contributed by atoms with Crippen molar-refractivity contribution in [3.63, 3.8) is 0 Å². The van der Waals surface area contributed by atoms with Gasteiger partial charge in [0.1, 0.15) is 0 Å². The van der Waals surface area contributed by atoms with Crippen LogP contribution in [0.25, 0.3) is 0 Å². The van der Waals surface area contributed by atoms with Crippen LogP contribution in [0.1, 0.15) is 5.56 Å². The van der Waals surface area contributed by atoms with Gasteiger partial charge in [0.25, 0.3) is 0 Å². The van der Waals surface area contributed by atoms with Crippen LogP contribution in [0.3, 0.4) is 0 Å². The fraction of sp³-hybridized carbons (Fsp3) is 0.143. The Hall–Kier alpha value is -0.830. The van der Waals surface area contributed by atoms with E-state index >= 15 is 0 Å². The highest BCUT2D eigenvalue weighted by Gasteiger charge is 2.00.